The summed E-state index contributed by atoms with van der Waals surface area (Å²) in [6.45, 7) is 0.604. The number of alkyl halides is 3. The van der Waals surface area contributed by atoms with E-state index in [0.717, 1.165) is 11.3 Å². The molecule has 0 aromatic heterocycles. The molecule has 1 aromatic carbocycles. The Labute approximate surface area is 108 Å². The van der Waals surface area contributed by atoms with Crippen molar-refractivity contribution in [1.82, 2.24) is 5.32 Å². The van der Waals surface area contributed by atoms with Crippen LogP contribution in [0.15, 0.2) is 24.3 Å². The normalized spacial score (nSPS) is 18.4. The van der Waals surface area contributed by atoms with Crippen molar-refractivity contribution in [2.24, 2.45) is 5.92 Å². The largest absolute Gasteiger partial charge is 0.493 e. The second-order valence-corrected chi connectivity index (χ2v) is 4.58. The minimum absolute atomic E-state index is 0.00656. The Morgan fingerprint density at radius 1 is 1.37 bits per heavy atom. The lowest BCUT2D eigenvalue weighted by atomic mass is 9.97. The maximum absolute atomic E-state index is 12.0. The number of hydrogen-bond donors (Lipinski definition) is 1. The van der Waals surface area contributed by atoms with Gasteiger partial charge in [0.1, 0.15) is 12.2 Å². The van der Waals surface area contributed by atoms with Gasteiger partial charge in [0.15, 0.2) is 0 Å². The third-order valence-corrected chi connectivity index (χ3v) is 2.90. The lowest BCUT2D eigenvalue weighted by molar-refractivity contribution is -0.153. The number of ether oxygens (including phenoxy) is 1. The summed E-state index contributed by atoms with van der Waals surface area (Å²) in [6.07, 6.45) is -5.20. The minimum Gasteiger partial charge on any atom is -0.493 e. The number of para-hydroxylation sites is 1. The van der Waals surface area contributed by atoms with Crippen LogP contribution in [0.4, 0.5) is 13.2 Å². The molecule has 0 fully saturated rings. The van der Waals surface area contributed by atoms with Gasteiger partial charge in [-0.15, -0.1) is 0 Å². The van der Waals surface area contributed by atoms with Gasteiger partial charge in [-0.2, -0.15) is 13.2 Å². The van der Waals surface area contributed by atoms with Gasteiger partial charge >= 0.3 is 6.18 Å². The van der Waals surface area contributed by atoms with E-state index in [1.54, 1.807) is 0 Å². The smallest absolute Gasteiger partial charge is 0.397 e. The molecule has 1 aromatic rings. The van der Waals surface area contributed by atoms with Crippen LogP contribution in [0.1, 0.15) is 12.0 Å². The van der Waals surface area contributed by atoms with Gasteiger partial charge in [-0.3, -0.25) is 4.79 Å². The molecule has 3 nitrogen and oxygen atoms in total. The molecule has 1 amide bonds. The summed E-state index contributed by atoms with van der Waals surface area (Å²) in [5.41, 5.74) is 1.02. The van der Waals surface area contributed by atoms with E-state index in [0.29, 0.717) is 13.0 Å². The number of nitrogens with one attached hydrogen (secondary N) is 1. The van der Waals surface area contributed by atoms with E-state index in [9.17, 15) is 18.0 Å². The number of amides is 1. The van der Waals surface area contributed by atoms with Crippen molar-refractivity contribution in [3.63, 3.8) is 0 Å². The van der Waals surface area contributed by atoms with E-state index in [1.807, 2.05) is 24.3 Å². The maximum Gasteiger partial charge on any atom is 0.397 e. The third kappa shape index (κ3) is 4.15. The second-order valence-electron chi connectivity index (χ2n) is 4.58. The molecule has 0 unspecified atom stereocenters. The van der Waals surface area contributed by atoms with Crippen LogP contribution in [0.2, 0.25) is 0 Å². The Kier molecular flexibility index (Phi) is 3.97. The van der Waals surface area contributed by atoms with Crippen LogP contribution >= 0.6 is 0 Å². The number of fused-ring (bicyclic) bond motifs is 1. The Morgan fingerprint density at radius 2 is 2.11 bits per heavy atom. The first-order valence-corrected chi connectivity index (χ1v) is 5.98. The molecule has 6 heteroatoms. The molecule has 1 atom stereocenters. The highest BCUT2D eigenvalue weighted by atomic mass is 19.4. The van der Waals surface area contributed by atoms with Crippen LogP contribution in [-0.4, -0.2) is 25.2 Å². The predicted molar refractivity (Wildman–Crippen MR) is 62.8 cm³/mol. The molecule has 1 N–H and O–H groups in total. The Hall–Kier alpha value is -1.72. The highest BCUT2D eigenvalue weighted by Gasteiger charge is 2.31. The van der Waals surface area contributed by atoms with Gasteiger partial charge < -0.3 is 10.1 Å². The van der Waals surface area contributed by atoms with E-state index >= 15 is 0 Å². The number of carbonyl (C=O) groups is 1. The van der Waals surface area contributed by atoms with Gasteiger partial charge in [-0.05, 0) is 18.1 Å². The second kappa shape index (κ2) is 5.50. The Bertz CT molecular complexity index is 459. The first kappa shape index (κ1) is 13.7. The summed E-state index contributed by atoms with van der Waals surface area (Å²) in [5.74, 6) is -0.182. The first-order chi connectivity index (χ1) is 8.94. The summed E-state index contributed by atoms with van der Waals surface area (Å²) in [6, 6.07) is 7.52. The monoisotopic (exact) mass is 273 g/mol. The number of carbonyl (C=O) groups excluding carboxylic acids is 1. The summed E-state index contributed by atoms with van der Waals surface area (Å²) in [5, 5.41) is 2.30. The average Bonchev–Trinajstić information content (AvgIpc) is 2.34. The fourth-order valence-electron chi connectivity index (χ4n) is 2.02. The molecule has 1 aliphatic heterocycles. The number of hydrogen-bond acceptors (Lipinski definition) is 2. The summed E-state index contributed by atoms with van der Waals surface area (Å²) >= 11 is 0. The van der Waals surface area contributed by atoms with E-state index in [4.69, 9.17) is 4.74 Å². The SMILES string of the molecule is O=C(CC(F)(F)F)NC[C@@H]1COc2ccccc2C1. The van der Waals surface area contributed by atoms with Crippen LogP contribution in [-0.2, 0) is 11.2 Å². The van der Waals surface area contributed by atoms with Crippen molar-refractivity contribution in [3.8, 4) is 5.75 Å². The zero-order valence-corrected chi connectivity index (χ0v) is 10.2. The topological polar surface area (TPSA) is 38.3 Å². The zero-order chi connectivity index (χ0) is 13.9. The molecular weight excluding hydrogens is 259 g/mol. The van der Waals surface area contributed by atoms with Crippen molar-refractivity contribution < 1.29 is 22.7 Å². The molecule has 104 valence electrons. The predicted octanol–water partition coefficient (Wildman–Crippen LogP) is 2.31. The quantitative estimate of drug-likeness (QED) is 0.917. The number of benzene rings is 1. The molecule has 0 radical (unpaired) electrons. The van der Waals surface area contributed by atoms with E-state index < -0.39 is 18.5 Å². The molecule has 1 heterocycles. The van der Waals surface area contributed by atoms with Crippen molar-refractivity contribution in [1.29, 1.82) is 0 Å². The van der Waals surface area contributed by atoms with Crippen LogP contribution in [0.3, 0.4) is 0 Å². The molecule has 0 spiro atoms. The molecule has 1 aliphatic rings. The van der Waals surface area contributed by atoms with Crippen LogP contribution in [0, 0.1) is 5.92 Å². The third-order valence-electron chi connectivity index (χ3n) is 2.90. The van der Waals surface area contributed by atoms with E-state index in [-0.39, 0.29) is 12.5 Å². The van der Waals surface area contributed by atoms with Crippen molar-refractivity contribution in [2.75, 3.05) is 13.2 Å². The zero-order valence-electron chi connectivity index (χ0n) is 10.2. The molecular formula is C13H14F3NO2. The lowest BCUT2D eigenvalue weighted by Crippen LogP contribution is -2.36. The van der Waals surface area contributed by atoms with Gasteiger partial charge in [-0.25, -0.2) is 0 Å². The molecule has 0 aliphatic carbocycles. The van der Waals surface area contributed by atoms with Crippen molar-refractivity contribution >= 4 is 5.91 Å². The van der Waals surface area contributed by atoms with Gasteiger partial charge in [0, 0.05) is 12.5 Å². The van der Waals surface area contributed by atoms with Gasteiger partial charge in [0.2, 0.25) is 5.91 Å². The van der Waals surface area contributed by atoms with Gasteiger partial charge in [0.05, 0.1) is 6.61 Å². The van der Waals surface area contributed by atoms with Crippen LogP contribution < -0.4 is 10.1 Å². The Balaban J connectivity index is 1.81. The van der Waals surface area contributed by atoms with Crippen molar-refractivity contribution in [2.45, 2.75) is 19.0 Å². The Morgan fingerprint density at radius 3 is 2.84 bits per heavy atom. The fourth-order valence-corrected chi connectivity index (χ4v) is 2.02. The number of halogens is 3. The van der Waals surface area contributed by atoms with Gasteiger partial charge in [0.25, 0.3) is 0 Å². The highest BCUT2D eigenvalue weighted by molar-refractivity contribution is 5.76. The molecule has 2 rings (SSSR count). The van der Waals surface area contributed by atoms with E-state index in [2.05, 4.69) is 5.32 Å². The molecule has 0 saturated heterocycles. The first-order valence-electron chi connectivity index (χ1n) is 5.98. The van der Waals surface area contributed by atoms with E-state index in [1.165, 1.54) is 0 Å². The maximum atomic E-state index is 12.0. The molecule has 0 bridgehead atoms. The summed E-state index contributed by atoms with van der Waals surface area (Å²) < 4.78 is 41.4. The van der Waals surface area contributed by atoms with Gasteiger partial charge in [-0.1, -0.05) is 18.2 Å². The molecule has 19 heavy (non-hydrogen) atoms. The number of rotatable bonds is 3. The summed E-state index contributed by atoms with van der Waals surface area (Å²) in [7, 11) is 0. The average molecular weight is 273 g/mol. The summed E-state index contributed by atoms with van der Waals surface area (Å²) in [4.78, 5) is 11.1. The fraction of sp³-hybridized carbons (Fsp3) is 0.462. The highest BCUT2D eigenvalue weighted by Crippen LogP contribution is 2.26. The minimum atomic E-state index is -4.46. The standard InChI is InChI=1S/C13H14F3NO2/c14-13(15,16)6-12(18)17-7-9-5-10-3-1-2-4-11(10)19-8-9/h1-4,9H,5-8H2,(H,17,18)/t9-/m1/s1. The molecule has 0 saturated carbocycles. The lowest BCUT2D eigenvalue weighted by Gasteiger charge is -2.25. The van der Waals surface area contributed by atoms with Crippen LogP contribution in [0.5, 0.6) is 5.75 Å². The van der Waals surface area contributed by atoms with Crippen LogP contribution in [0.25, 0.3) is 0 Å². The van der Waals surface area contributed by atoms with Crippen molar-refractivity contribution in [3.05, 3.63) is 29.8 Å².